The van der Waals surface area contributed by atoms with E-state index in [1.807, 2.05) is 95.9 Å². The number of nitrogens with one attached hydrogen (secondary N) is 1. The van der Waals surface area contributed by atoms with Gasteiger partial charge in [-0.15, -0.1) is 0 Å². The normalized spacial score (nSPS) is 21.7. The maximum Gasteiger partial charge on any atom is 0.327 e. The molecule has 2 unspecified atom stereocenters. The molecular weight excluding hydrogens is 426 g/mol. The van der Waals surface area contributed by atoms with Crippen molar-refractivity contribution in [2.45, 2.75) is 17.8 Å². The Morgan fingerprint density at radius 3 is 2.32 bits per heavy atom. The molecule has 3 heterocycles. The Kier molecular flexibility index (Phi) is 4.98. The van der Waals surface area contributed by atoms with Gasteiger partial charge in [-0.25, -0.2) is 4.90 Å². The van der Waals surface area contributed by atoms with Gasteiger partial charge < -0.3 is 10.1 Å². The quantitative estimate of drug-likeness (QED) is 0.380. The monoisotopic (exact) mass is 449 g/mol. The molecule has 1 aromatic heterocycles. The molecule has 0 aliphatic carbocycles. The van der Waals surface area contributed by atoms with Crippen molar-refractivity contribution in [3.05, 3.63) is 114 Å². The zero-order chi connectivity index (χ0) is 23.1. The number of carbonyl (C=O) groups excluding carboxylic acids is 2. The second-order valence-corrected chi connectivity index (χ2v) is 8.67. The first-order valence-electron chi connectivity index (χ1n) is 11.4. The van der Waals surface area contributed by atoms with Crippen molar-refractivity contribution in [1.29, 1.82) is 0 Å². The summed E-state index contributed by atoms with van der Waals surface area (Å²) in [5.41, 5.74) is 1.87. The van der Waals surface area contributed by atoms with Crippen LogP contribution in [0.25, 0.3) is 10.9 Å². The number of hydrogen-bond acceptors (Lipinski definition) is 6. The minimum atomic E-state index is -1.19. The van der Waals surface area contributed by atoms with E-state index < -0.39 is 17.8 Å². The second kappa shape index (κ2) is 8.17. The van der Waals surface area contributed by atoms with E-state index >= 15 is 0 Å². The number of ketones is 1. The van der Waals surface area contributed by atoms with Gasteiger partial charge in [0.25, 0.3) is 0 Å². The van der Waals surface area contributed by atoms with Crippen LogP contribution in [0, 0.1) is 0 Å². The molecule has 3 aromatic carbocycles. The number of pyridine rings is 1. The van der Waals surface area contributed by atoms with Crippen molar-refractivity contribution in [3.63, 3.8) is 0 Å². The highest BCUT2D eigenvalue weighted by atomic mass is 16.6. The molecule has 6 rings (SSSR count). The van der Waals surface area contributed by atoms with Crippen molar-refractivity contribution in [2.24, 2.45) is 0 Å². The van der Waals surface area contributed by atoms with Crippen LogP contribution in [0.3, 0.4) is 0 Å². The molecule has 6 nitrogen and oxygen atoms in total. The van der Waals surface area contributed by atoms with Crippen LogP contribution in [0.15, 0.2) is 97.2 Å². The van der Waals surface area contributed by atoms with Crippen molar-refractivity contribution in [1.82, 2.24) is 15.2 Å². The number of hydrogen-bond donors (Lipinski definition) is 1. The highest BCUT2D eigenvalue weighted by molar-refractivity contribution is 6.03. The fourth-order valence-electron chi connectivity index (χ4n) is 5.22. The molecule has 0 spiro atoms. The highest BCUT2D eigenvalue weighted by Gasteiger charge is 2.60. The molecular formula is C28H23N3O3. The number of cyclic esters (lactones) is 1. The van der Waals surface area contributed by atoms with Crippen molar-refractivity contribution < 1.29 is 14.3 Å². The van der Waals surface area contributed by atoms with Crippen LogP contribution in [0.2, 0.25) is 0 Å². The lowest BCUT2D eigenvalue weighted by Crippen LogP contribution is -2.64. The van der Waals surface area contributed by atoms with Crippen LogP contribution < -0.4 is 5.32 Å². The SMILES string of the molecule is O=C1OC(c2ccccc2)(c2ccccc2)N2C1CNCC2C(=O)c1ccc2ncccc2c1. The zero-order valence-corrected chi connectivity index (χ0v) is 18.4. The molecule has 2 aliphatic rings. The zero-order valence-electron chi connectivity index (χ0n) is 18.4. The largest absolute Gasteiger partial charge is 0.434 e. The Labute approximate surface area is 197 Å². The summed E-state index contributed by atoms with van der Waals surface area (Å²) < 4.78 is 6.24. The molecule has 6 heteroatoms. The van der Waals surface area contributed by atoms with Crippen LogP contribution in [-0.4, -0.2) is 46.8 Å². The van der Waals surface area contributed by atoms with E-state index in [1.54, 1.807) is 6.20 Å². The maximum absolute atomic E-state index is 14.0. The first-order valence-corrected chi connectivity index (χ1v) is 11.4. The topological polar surface area (TPSA) is 71.5 Å². The fourth-order valence-corrected chi connectivity index (χ4v) is 5.22. The Morgan fingerprint density at radius 2 is 1.62 bits per heavy atom. The smallest absolute Gasteiger partial charge is 0.327 e. The van der Waals surface area contributed by atoms with Crippen LogP contribution in [-0.2, 0) is 15.3 Å². The number of esters is 1. The van der Waals surface area contributed by atoms with Crippen molar-refractivity contribution in [3.8, 4) is 0 Å². The van der Waals surface area contributed by atoms with Crippen molar-refractivity contribution in [2.75, 3.05) is 13.1 Å². The van der Waals surface area contributed by atoms with E-state index in [4.69, 9.17) is 4.74 Å². The molecule has 0 saturated carbocycles. The second-order valence-electron chi connectivity index (χ2n) is 8.67. The van der Waals surface area contributed by atoms with Gasteiger partial charge in [-0.3, -0.25) is 14.6 Å². The van der Waals surface area contributed by atoms with Crippen LogP contribution in [0.4, 0.5) is 0 Å². The molecule has 2 atom stereocenters. The molecule has 4 aromatic rings. The van der Waals surface area contributed by atoms with Gasteiger partial charge in [0.2, 0.25) is 5.72 Å². The predicted octanol–water partition coefficient (Wildman–Crippen LogP) is 3.52. The van der Waals surface area contributed by atoms with Crippen LogP contribution in [0.5, 0.6) is 0 Å². The summed E-state index contributed by atoms with van der Waals surface area (Å²) in [6.07, 6.45) is 1.74. The third-order valence-corrected chi connectivity index (χ3v) is 6.75. The van der Waals surface area contributed by atoms with Crippen LogP contribution >= 0.6 is 0 Å². The lowest BCUT2D eigenvalue weighted by molar-refractivity contribution is -0.150. The third-order valence-electron chi connectivity index (χ3n) is 6.75. The number of rotatable bonds is 4. The van der Waals surface area contributed by atoms with E-state index in [9.17, 15) is 9.59 Å². The third kappa shape index (κ3) is 3.15. The summed E-state index contributed by atoms with van der Waals surface area (Å²) in [7, 11) is 0. The standard InChI is InChI=1S/C28H23N3O3/c32-26(20-13-14-23-19(16-20)8-7-15-30-23)24-17-29-18-25-27(33)34-28(31(24)25,21-9-3-1-4-10-21)22-11-5-2-6-12-22/h1-16,24-25,29H,17-18H2. The van der Waals surface area contributed by atoms with Gasteiger partial charge in [-0.05, 0) is 24.3 Å². The summed E-state index contributed by atoms with van der Waals surface area (Å²) in [5, 5.41) is 4.19. The number of aromatic nitrogens is 1. The first kappa shape index (κ1) is 20.7. The first-order chi connectivity index (χ1) is 16.7. The molecule has 2 aliphatic heterocycles. The lowest BCUT2D eigenvalue weighted by atomic mass is 9.88. The maximum atomic E-state index is 14.0. The summed E-state index contributed by atoms with van der Waals surface area (Å²) in [5.74, 6) is -0.391. The number of Topliss-reactive ketones (excluding diaryl/α,β-unsaturated/α-hetero) is 1. The van der Waals surface area contributed by atoms with Gasteiger partial charge >= 0.3 is 5.97 Å². The minimum absolute atomic E-state index is 0.0579. The molecule has 0 radical (unpaired) electrons. The van der Waals surface area contributed by atoms with Gasteiger partial charge in [-0.1, -0.05) is 66.7 Å². The molecule has 2 saturated heterocycles. The minimum Gasteiger partial charge on any atom is -0.434 e. The van der Waals surface area contributed by atoms with Gasteiger partial charge in [-0.2, -0.15) is 0 Å². The van der Waals surface area contributed by atoms with E-state index in [1.165, 1.54) is 0 Å². The predicted molar refractivity (Wildman–Crippen MR) is 128 cm³/mol. The van der Waals surface area contributed by atoms with E-state index in [2.05, 4.69) is 10.3 Å². The average molecular weight is 450 g/mol. The number of ether oxygens (including phenoxy) is 1. The molecule has 0 bridgehead atoms. The Bertz CT molecular complexity index is 1330. The molecule has 0 amide bonds. The highest BCUT2D eigenvalue weighted by Crippen LogP contribution is 2.46. The summed E-state index contributed by atoms with van der Waals surface area (Å²) in [4.78, 5) is 33.5. The molecule has 34 heavy (non-hydrogen) atoms. The summed E-state index contributed by atoms with van der Waals surface area (Å²) in [6.45, 7) is 0.837. The van der Waals surface area contributed by atoms with Gasteiger partial charge in [0.1, 0.15) is 6.04 Å². The van der Waals surface area contributed by atoms with E-state index in [-0.39, 0.29) is 11.8 Å². The number of benzene rings is 3. The van der Waals surface area contributed by atoms with Gasteiger partial charge in [0, 0.05) is 41.4 Å². The fraction of sp³-hybridized carbons (Fsp3) is 0.179. The number of piperazine rings is 1. The van der Waals surface area contributed by atoms with E-state index in [0.29, 0.717) is 18.7 Å². The van der Waals surface area contributed by atoms with Gasteiger partial charge in [0.15, 0.2) is 5.78 Å². The van der Waals surface area contributed by atoms with Crippen molar-refractivity contribution >= 4 is 22.7 Å². The molecule has 1 N–H and O–H groups in total. The molecule has 168 valence electrons. The number of carbonyl (C=O) groups is 2. The molecule has 2 fully saturated rings. The number of nitrogens with zero attached hydrogens (tertiary/aromatic N) is 2. The number of fused-ring (bicyclic) bond motifs is 2. The van der Waals surface area contributed by atoms with Crippen LogP contribution in [0.1, 0.15) is 21.5 Å². The summed E-state index contributed by atoms with van der Waals surface area (Å²) in [6, 6.07) is 27.6. The lowest BCUT2D eigenvalue weighted by Gasteiger charge is -2.44. The Hall–Kier alpha value is -3.87. The summed E-state index contributed by atoms with van der Waals surface area (Å²) >= 11 is 0. The van der Waals surface area contributed by atoms with E-state index in [0.717, 1.165) is 22.0 Å². The Morgan fingerprint density at radius 1 is 0.912 bits per heavy atom. The average Bonchev–Trinajstić information content (AvgIpc) is 3.22. The Balaban J connectivity index is 1.51. The van der Waals surface area contributed by atoms with Gasteiger partial charge in [0.05, 0.1) is 11.6 Å².